The third kappa shape index (κ3) is 3.88. The highest BCUT2D eigenvalue weighted by molar-refractivity contribution is 8.01. The number of nitrogens with zero attached hydrogens (tertiary/aromatic N) is 3. The monoisotopic (exact) mass is 364 g/mol. The summed E-state index contributed by atoms with van der Waals surface area (Å²) in [5.41, 5.74) is 3.33. The van der Waals surface area contributed by atoms with Crippen molar-refractivity contribution in [2.24, 2.45) is 0 Å². The smallest absolute Gasteiger partial charge is 0.234 e. The molecule has 1 amide bonds. The van der Waals surface area contributed by atoms with E-state index in [-0.39, 0.29) is 11.3 Å². The number of carbonyl (C=O) groups excluding carboxylic acids is 1. The third-order valence-electron chi connectivity index (χ3n) is 3.14. The number of aromatic nitrogens is 3. The molecule has 0 atom stereocenters. The standard InChI is InChI=1S/C15H16N4OS3/c1-15(2,3)11-7-21-14(17-11)22-8-12(20)16-9-5-4-6-10-13(9)19-23-18-10/h4-7H,8H2,1-3H3,(H,16,20). The van der Waals surface area contributed by atoms with Crippen LogP contribution in [0.15, 0.2) is 27.9 Å². The molecule has 23 heavy (non-hydrogen) atoms. The van der Waals surface area contributed by atoms with Crippen LogP contribution in [-0.2, 0) is 10.2 Å². The molecule has 1 N–H and O–H groups in total. The van der Waals surface area contributed by atoms with E-state index >= 15 is 0 Å². The molecule has 0 aliphatic rings. The second kappa shape index (κ2) is 6.54. The molecule has 120 valence electrons. The van der Waals surface area contributed by atoms with E-state index in [4.69, 9.17) is 0 Å². The first-order valence-corrected chi connectivity index (χ1v) is 9.63. The lowest BCUT2D eigenvalue weighted by Crippen LogP contribution is -2.14. The van der Waals surface area contributed by atoms with Crippen molar-refractivity contribution in [3.8, 4) is 0 Å². The largest absolute Gasteiger partial charge is 0.323 e. The van der Waals surface area contributed by atoms with Crippen molar-refractivity contribution in [2.75, 3.05) is 11.1 Å². The molecule has 0 fully saturated rings. The molecule has 0 saturated heterocycles. The normalized spacial score (nSPS) is 11.8. The molecule has 0 radical (unpaired) electrons. The molecule has 0 unspecified atom stereocenters. The highest BCUT2D eigenvalue weighted by Crippen LogP contribution is 2.29. The second-order valence-electron chi connectivity index (χ2n) is 6.02. The lowest BCUT2D eigenvalue weighted by atomic mass is 9.93. The van der Waals surface area contributed by atoms with Crippen molar-refractivity contribution >= 4 is 57.5 Å². The van der Waals surface area contributed by atoms with Gasteiger partial charge in [0, 0.05) is 10.8 Å². The Morgan fingerprint density at radius 2 is 2.13 bits per heavy atom. The number of carbonyl (C=O) groups is 1. The fraction of sp³-hybridized carbons (Fsp3) is 0.333. The second-order valence-corrected chi connectivity index (χ2v) is 8.63. The van der Waals surface area contributed by atoms with Gasteiger partial charge in [0.15, 0.2) is 4.34 Å². The number of hydrogen-bond donors (Lipinski definition) is 1. The van der Waals surface area contributed by atoms with E-state index in [1.165, 1.54) is 11.8 Å². The highest BCUT2D eigenvalue weighted by atomic mass is 32.2. The molecule has 1 aromatic carbocycles. The predicted octanol–water partition coefficient (Wildman–Crippen LogP) is 4.18. The van der Waals surface area contributed by atoms with E-state index in [9.17, 15) is 4.79 Å². The number of rotatable bonds is 4. The Morgan fingerprint density at radius 1 is 1.30 bits per heavy atom. The van der Waals surface area contributed by atoms with Gasteiger partial charge in [-0.15, -0.1) is 11.3 Å². The summed E-state index contributed by atoms with van der Waals surface area (Å²) >= 11 is 4.18. The maximum Gasteiger partial charge on any atom is 0.234 e. The maximum atomic E-state index is 12.2. The first-order valence-electron chi connectivity index (χ1n) is 7.03. The van der Waals surface area contributed by atoms with Gasteiger partial charge in [0.25, 0.3) is 0 Å². The molecule has 0 spiro atoms. The summed E-state index contributed by atoms with van der Waals surface area (Å²) in [6.07, 6.45) is 0. The van der Waals surface area contributed by atoms with Crippen LogP contribution in [0.1, 0.15) is 26.5 Å². The third-order valence-corrected chi connectivity index (χ3v) is 5.70. The lowest BCUT2D eigenvalue weighted by molar-refractivity contribution is -0.113. The van der Waals surface area contributed by atoms with E-state index < -0.39 is 0 Å². The van der Waals surface area contributed by atoms with Crippen LogP contribution < -0.4 is 5.32 Å². The molecule has 0 saturated carbocycles. The minimum absolute atomic E-state index is 0.0326. The van der Waals surface area contributed by atoms with Crippen LogP contribution >= 0.6 is 34.8 Å². The maximum absolute atomic E-state index is 12.2. The summed E-state index contributed by atoms with van der Waals surface area (Å²) in [5.74, 6) is 0.258. The molecular formula is C15H16N4OS3. The van der Waals surface area contributed by atoms with Gasteiger partial charge < -0.3 is 5.32 Å². The number of hydrogen-bond acceptors (Lipinski definition) is 7. The predicted molar refractivity (Wildman–Crippen MR) is 97.6 cm³/mol. The SMILES string of the molecule is CC(C)(C)c1csc(SCC(=O)Nc2cccc3nsnc23)n1. The van der Waals surface area contributed by atoms with Crippen molar-refractivity contribution in [1.29, 1.82) is 0 Å². The Kier molecular flexibility index (Phi) is 4.65. The average molecular weight is 365 g/mol. The summed E-state index contributed by atoms with van der Waals surface area (Å²) in [4.78, 5) is 16.7. The molecule has 0 bridgehead atoms. The van der Waals surface area contributed by atoms with E-state index in [2.05, 4.69) is 45.2 Å². The summed E-state index contributed by atoms with van der Waals surface area (Å²) in [5, 5.41) is 4.96. The van der Waals surface area contributed by atoms with Gasteiger partial charge in [-0.3, -0.25) is 4.79 Å². The molecule has 0 aliphatic heterocycles. The van der Waals surface area contributed by atoms with Gasteiger partial charge in [-0.2, -0.15) is 8.75 Å². The van der Waals surface area contributed by atoms with Crippen molar-refractivity contribution in [1.82, 2.24) is 13.7 Å². The first kappa shape index (κ1) is 16.4. The molecule has 2 aromatic heterocycles. The molecule has 3 rings (SSSR count). The summed E-state index contributed by atoms with van der Waals surface area (Å²) in [7, 11) is 0. The fourth-order valence-electron chi connectivity index (χ4n) is 1.89. The Labute approximate surface area is 146 Å². The molecule has 5 nitrogen and oxygen atoms in total. The van der Waals surface area contributed by atoms with Gasteiger partial charge in [-0.25, -0.2) is 4.98 Å². The lowest BCUT2D eigenvalue weighted by Gasteiger charge is -2.14. The number of thioether (sulfide) groups is 1. The number of fused-ring (bicyclic) bond motifs is 1. The fourth-order valence-corrected chi connectivity index (χ4v) is 4.29. The van der Waals surface area contributed by atoms with Crippen LogP contribution in [0.2, 0.25) is 0 Å². The van der Waals surface area contributed by atoms with E-state index in [0.29, 0.717) is 11.4 Å². The Morgan fingerprint density at radius 3 is 2.87 bits per heavy atom. The van der Waals surface area contributed by atoms with Crippen LogP contribution in [0, 0.1) is 0 Å². The zero-order chi connectivity index (χ0) is 16.4. The minimum Gasteiger partial charge on any atom is -0.323 e. The van der Waals surface area contributed by atoms with Gasteiger partial charge in [0.05, 0.1) is 28.9 Å². The number of anilines is 1. The number of thiazole rings is 1. The van der Waals surface area contributed by atoms with Crippen molar-refractivity contribution in [2.45, 2.75) is 30.5 Å². The summed E-state index contributed by atoms with van der Waals surface area (Å²) < 4.78 is 9.31. The summed E-state index contributed by atoms with van der Waals surface area (Å²) in [6, 6.07) is 5.59. The van der Waals surface area contributed by atoms with Crippen molar-refractivity contribution in [3.63, 3.8) is 0 Å². The summed E-state index contributed by atoms with van der Waals surface area (Å²) in [6.45, 7) is 6.39. The van der Waals surface area contributed by atoms with E-state index in [0.717, 1.165) is 32.8 Å². The van der Waals surface area contributed by atoms with Gasteiger partial charge in [-0.05, 0) is 12.1 Å². The Bertz CT molecular complexity index is 834. The number of benzene rings is 1. The van der Waals surface area contributed by atoms with E-state index in [1.807, 2.05) is 18.2 Å². The first-order chi connectivity index (χ1) is 10.9. The van der Waals surface area contributed by atoms with Crippen LogP contribution in [0.25, 0.3) is 11.0 Å². The van der Waals surface area contributed by atoms with Crippen LogP contribution in [0.5, 0.6) is 0 Å². The molecular weight excluding hydrogens is 348 g/mol. The van der Waals surface area contributed by atoms with Gasteiger partial charge in [0.1, 0.15) is 11.0 Å². The zero-order valence-electron chi connectivity index (χ0n) is 13.0. The number of nitrogens with one attached hydrogen (secondary N) is 1. The van der Waals surface area contributed by atoms with Crippen molar-refractivity contribution < 1.29 is 4.79 Å². The zero-order valence-corrected chi connectivity index (χ0v) is 15.4. The average Bonchev–Trinajstić information content (AvgIpc) is 3.14. The van der Waals surface area contributed by atoms with Crippen LogP contribution in [-0.4, -0.2) is 25.4 Å². The molecule has 0 aliphatic carbocycles. The topological polar surface area (TPSA) is 67.8 Å². The molecule has 8 heteroatoms. The van der Waals surface area contributed by atoms with Crippen molar-refractivity contribution in [3.05, 3.63) is 29.3 Å². The van der Waals surface area contributed by atoms with Gasteiger partial charge in [-0.1, -0.05) is 38.6 Å². The highest BCUT2D eigenvalue weighted by Gasteiger charge is 2.18. The Balaban J connectivity index is 1.62. The van der Waals surface area contributed by atoms with Gasteiger partial charge in [0.2, 0.25) is 5.91 Å². The van der Waals surface area contributed by atoms with Crippen LogP contribution in [0.4, 0.5) is 5.69 Å². The molecule has 2 heterocycles. The Hall–Kier alpha value is -1.51. The van der Waals surface area contributed by atoms with Crippen LogP contribution in [0.3, 0.4) is 0 Å². The molecule has 3 aromatic rings. The quantitative estimate of drug-likeness (QED) is 0.704. The van der Waals surface area contributed by atoms with E-state index in [1.54, 1.807) is 11.3 Å². The minimum atomic E-state index is -0.0667. The van der Waals surface area contributed by atoms with Gasteiger partial charge >= 0.3 is 0 Å². The number of amides is 1.